The first kappa shape index (κ1) is 12.1. The Balaban J connectivity index is 1.88. The van der Waals surface area contributed by atoms with Gasteiger partial charge in [0.1, 0.15) is 11.6 Å². The van der Waals surface area contributed by atoms with E-state index in [4.69, 9.17) is 9.47 Å². The topological polar surface area (TPSA) is 36.3 Å². The molecule has 1 aliphatic heterocycles. The van der Waals surface area contributed by atoms with Gasteiger partial charge in [-0.3, -0.25) is 4.57 Å². The number of rotatable bonds is 3. The van der Waals surface area contributed by atoms with E-state index in [0.29, 0.717) is 24.7 Å². The number of hydrogen-bond donors (Lipinski definition) is 0. The molecule has 0 aliphatic carbocycles. The fourth-order valence-corrected chi connectivity index (χ4v) is 1.94. The van der Waals surface area contributed by atoms with Crippen LogP contribution in [-0.4, -0.2) is 29.1 Å². The minimum atomic E-state index is -0.342. The lowest BCUT2D eigenvalue weighted by molar-refractivity contribution is -0.000930. The van der Waals surface area contributed by atoms with Gasteiger partial charge in [-0.05, 0) is 24.3 Å². The van der Waals surface area contributed by atoms with Gasteiger partial charge in [-0.2, -0.15) is 0 Å². The van der Waals surface area contributed by atoms with Crippen LogP contribution < -0.4 is 0 Å². The molecular formula is C14H13FN2O2. The minimum absolute atomic E-state index is 0.288. The number of hydrogen-bond acceptors (Lipinski definition) is 3. The van der Waals surface area contributed by atoms with Gasteiger partial charge in [-0.1, -0.05) is 12.1 Å². The predicted molar refractivity (Wildman–Crippen MR) is 68.2 cm³/mol. The molecule has 4 nitrogen and oxygen atoms in total. The van der Waals surface area contributed by atoms with Crippen LogP contribution in [0.1, 0.15) is 5.82 Å². The van der Waals surface area contributed by atoms with Crippen LogP contribution in [0.15, 0.2) is 42.7 Å². The van der Waals surface area contributed by atoms with E-state index in [1.165, 1.54) is 6.07 Å². The van der Waals surface area contributed by atoms with E-state index in [9.17, 15) is 4.39 Å². The molecule has 0 amide bonds. The maximum atomic E-state index is 13.8. The molecule has 0 N–H and O–H groups in total. The van der Waals surface area contributed by atoms with Crippen molar-refractivity contribution in [2.24, 2.45) is 0 Å². The Bertz CT molecular complexity index is 589. The van der Waals surface area contributed by atoms with Crippen molar-refractivity contribution in [1.82, 2.24) is 9.55 Å². The van der Waals surface area contributed by atoms with E-state index < -0.39 is 0 Å². The van der Waals surface area contributed by atoms with Gasteiger partial charge in [0.25, 0.3) is 0 Å². The van der Waals surface area contributed by atoms with Gasteiger partial charge in [0, 0.05) is 12.4 Å². The summed E-state index contributed by atoms with van der Waals surface area (Å²) in [4.78, 5) is 4.19. The Morgan fingerprint density at radius 1 is 1.26 bits per heavy atom. The monoisotopic (exact) mass is 260 g/mol. The third-order valence-electron chi connectivity index (χ3n) is 2.83. The van der Waals surface area contributed by atoms with Crippen LogP contribution in [0.5, 0.6) is 0 Å². The lowest BCUT2D eigenvalue weighted by Crippen LogP contribution is -2.03. The van der Waals surface area contributed by atoms with Gasteiger partial charge in [-0.15, -0.1) is 0 Å². The Kier molecular flexibility index (Phi) is 3.39. The Morgan fingerprint density at radius 2 is 2.05 bits per heavy atom. The Morgan fingerprint density at radius 3 is 2.84 bits per heavy atom. The van der Waals surface area contributed by atoms with Gasteiger partial charge >= 0.3 is 0 Å². The van der Waals surface area contributed by atoms with Gasteiger partial charge in [0.15, 0.2) is 6.29 Å². The van der Waals surface area contributed by atoms with Crippen molar-refractivity contribution in [3.63, 3.8) is 0 Å². The average Bonchev–Trinajstić information content (AvgIpc) is 3.08. The molecule has 2 heterocycles. The molecule has 19 heavy (non-hydrogen) atoms. The van der Waals surface area contributed by atoms with Crippen molar-refractivity contribution in [2.75, 3.05) is 13.2 Å². The standard InChI is InChI=1S/C14H13FN2O2/c15-11-3-1-2-4-12(11)17-8-7-16-13(17)5-6-14-18-9-10-19-14/h1-8,14H,9-10H2. The van der Waals surface area contributed by atoms with E-state index in [1.807, 2.05) is 0 Å². The number of para-hydroxylation sites is 1. The fourth-order valence-electron chi connectivity index (χ4n) is 1.94. The summed E-state index contributed by atoms with van der Waals surface area (Å²) in [5.74, 6) is 0.340. The molecule has 0 spiro atoms. The third kappa shape index (κ3) is 2.57. The van der Waals surface area contributed by atoms with E-state index >= 15 is 0 Å². The highest BCUT2D eigenvalue weighted by Gasteiger charge is 2.12. The largest absolute Gasteiger partial charge is 0.347 e. The summed E-state index contributed by atoms with van der Waals surface area (Å²) in [6.07, 6.45) is 6.54. The Hall–Kier alpha value is -1.98. The number of halogens is 1. The summed E-state index contributed by atoms with van der Waals surface area (Å²) in [7, 11) is 0. The van der Waals surface area contributed by atoms with Crippen molar-refractivity contribution < 1.29 is 13.9 Å². The first-order chi connectivity index (χ1) is 9.34. The number of imidazole rings is 1. The van der Waals surface area contributed by atoms with E-state index in [-0.39, 0.29) is 12.1 Å². The van der Waals surface area contributed by atoms with Crippen LogP contribution in [0, 0.1) is 5.82 Å². The molecule has 1 fully saturated rings. The van der Waals surface area contributed by atoms with Crippen LogP contribution in [0.25, 0.3) is 11.8 Å². The summed E-state index contributed by atoms with van der Waals surface area (Å²) in [6, 6.07) is 6.57. The fraction of sp³-hybridized carbons (Fsp3) is 0.214. The molecule has 1 aliphatic rings. The summed E-state index contributed by atoms with van der Waals surface area (Å²) in [5.41, 5.74) is 0.466. The zero-order valence-electron chi connectivity index (χ0n) is 10.2. The normalized spacial score (nSPS) is 16.5. The molecule has 0 unspecified atom stereocenters. The second kappa shape index (κ2) is 5.34. The van der Waals surface area contributed by atoms with Crippen LogP contribution in [0.4, 0.5) is 4.39 Å². The molecule has 3 rings (SSSR count). The van der Waals surface area contributed by atoms with Crippen molar-refractivity contribution in [3.8, 4) is 5.69 Å². The summed E-state index contributed by atoms with van der Waals surface area (Å²) >= 11 is 0. The summed E-state index contributed by atoms with van der Waals surface area (Å²) in [5, 5.41) is 0. The van der Waals surface area contributed by atoms with Crippen molar-refractivity contribution in [3.05, 3.63) is 54.4 Å². The minimum Gasteiger partial charge on any atom is -0.347 e. The van der Waals surface area contributed by atoms with Gasteiger partial charge in [-0.25, -0.2) is 9.37 Å². The summed E-state index contributed by atoms with van der Waals surface area (Å²) in [6.45, 7) is 1.19. The highest BCUT2D eigenvalue weighted by atomic mass is 19.1. The molecule has 1 saturated heterocycles. The average molecular weight is 260 g/mol. The second-order valence-corrected chi connectivity index (χ2v) is 4.08. The molecule has 1 aromatic carbocycles. The lowest BCUT2D eigenvalue weighted by atomic mass is 10.3. The SMILES string of the molecule is Fc1ccccc1-n1ccnc1C=CC1OCCO1. The second-order valence-electron chi connectivity index (χ2n) is 4.08. The van der Waals surface area contributed by atoms with Gasteiger partial charge in [0.2, 0.25) is 0 Å². The number of nitrogens with zero attached hydrogens (tertiary/aromatic N) is 2. The highest BCUT2D eigenvalue weighted by Crippen LogP contribution is 2.16. The highest BCUT2D eigenvalue weighted by molar-refractivity contribution is 5.47. The van der Waals surface area contributed by atoms with Gasteiger partial charge in [0.05, 0.1) is 18.9 Å². The van der Waals surface area contributed by atoms with Crippen molar-refractivity contribution in [2.45, 2.75) is 6.29 Å². The molecule has 0 radical (unpaired) electrons. The molecule has 98 valence electrons. The first-order valence-electron chi connectivity index (χ1n) is 6.04. The van der Waals surface area contributed by atoms with Crippen LogP contribution in [0.2, 0.25) is 0 Å². The Labute approximate surface area is 110 Å². The molecule has 2 aromatic rings. The van der Waals surface area contributed by atoms with Crippen molar-refractivity contribution in [1.29, 1.82) is 0 Å². The molecule has 5 heteroatoms. The molecule has 0 saturated carbocycles. The molecule has 0 atom stereocenters. The lowest BCUT2D eigenvalue weighted by Gasteiger charge is -2.07. The zero-order valence-corrected chi connectivity index (χ0v) is 10.2. The van der Waals surface area contributed by atoms with Crippen LogP contribution in [-0.2, 0) is 9.47 Å². The first-order valence-corrected chi connectivity index (χ1v) is 6.04. The van der Waals surface area contributed by atoms with E-state index in [1.54, 1.807) is 47.3 Å². The third-order valence-corrected chi connectivity index (χ3v) is 2.83. The van der Waals surface area contributed by atoms with Crippen LogP contribution in [0.3, 0.4) is 0 Å². The maximum absolute atomic E-state index is 13.8. The smallest absolute Gasteiger partial charge is 0.177 e. The molecule has 0 bridgehead atoms. The number of benzene rings is 1. The van der Waals surface area contributed by atoms with Crippen LogP contribution >= 0.6 is 0 Å². The quantitative estimate of drug-likeness (QED) is 0.850. The summed E-state index contributed by atoms with van der Waals surface area (Å²) < 4.78 is 26.0. The molecular weight excluding hydrogens is 247 g/mol. The zero-order chi connectivity index (χ0) is 13.1. The number of ether oxygens (including phenoxy) is 2. The number of aromatic nitrogens is 2. The predicted octanol–water partition coefficient (Wildman–Crippen LogP) is 2.40. The van der Waals surface area contributed by atoms with E-state index in [0.717, 1.165) is 0 Å². The van der Waals surface area contributed by atoms with E-state index in [2.05, 4.69) is 4.98 Å². The van der Waals surface area contributed by atoms with Crippen molar-refractivity contribution >= 4 is 6.08 Å². The maximum Gasteiger partial charge on any atom is 0.177 e. The molecule has 1 aromatic heterocycles. The van der Waals surface area contributed by atoms with Gasteiger partial charge < -0.3 is 9.47 Å².